The molecule has 1 aromatic carbocycles. The maximum Gasteiger partial charge on any atom is 0.341 e. The van der Waals surface area contributed by atoms with Gasteiger partial charge in [0.25, 0.3) is 0 Å². The molecule has 0 aliphatic heterocycles. The van der Waals surface area contributed by atoms with E-state index in [1.165, 1.54) is 0 Å². The van der Waals surface area contributed by atoms with Crippen LogP contribution in [0.3, 0.4) is 0 Å². The van der Waals surface area contributed by atoms with Gasteiger partial charge in [0.2, 0.25) is 0 Å². The first-order chi connectivity index (χ1) is 5.29. The van der Waals surface area contributed by atoms with Crippen molar-refractivity contribution < 1.29 is 9.13 Å². The summed E-state index contributed by atoms with van der Waals surface area (Å²) in [6, 6.07) is 9.29. The fourth-order valence-electron chi connectivity index (χ4n) is 0.711. The van der Waals surface area contributed by atoms with Crippen molar-refractivity contribution in [3.63, 3.8) is 0 Å². The molecule has 0 heterocycles. The fourth-order valence-corrected chi connectivity index (χ4v) is 1.00. The molecule has 0 aromatic heterocycles. The smallest absolute Gasteiger partial charge is 0.232 e. The van der Waals surface area contributed by atoms with Crippen molar-refractivity contribution in [1.82, 2.24) is 0 Å². The van der Waals surface area contributed by atoms with Crippen LogP contribution in [0, 0.1) is 0 Å². The summed E-state index contributed by atoms with van der Waals surface area (Å²) < 4.78 is 20.2. The van der Waals surface area contributed by atoms with Gasteiger partial charge in [-0.1, -0.05) is 30.3 Å². The van der Waals surface area contributed by atoms with Crippen LogP contribution in [0.1, 0.15) is 5.56 Å². The molecule has 0 fully saturated rings. The summed E-state index contributed by atoms with van der Waals surface area (Å²) in [4.78, 5) is 0. The number of hydrogen-bond donors (Lipinski definition) is 0. The molecule has 0 atom stereocenters. The van der Waals surface area contributed by atoms with Gasteiger partial charge in [-0.3, -0.25) is 0 Å². The first kappa shape index (κ1) is 7.96. The molecule has 0 radical (unpaired) electrons. The van der Waals surface area contributed by atoms with Gasteiger partial charge in [-0.05, 0) is 11.6 Å². The average molecular weight is 166 g/mol. The van der Waals surface area contributed by atoms with Gasteiger partial charge in [-0.15, -0.1) is 0 Å². The third kappa shape index (κ3) is 2.96. The highest BCUT2D eigenvalue weighted by atomic mass is 31.1. The molecule has 1 aromatic rings. The van der Waals surface area contributed by atoms with Gasteiger partial charge in [-0.2, -0.15) is 0 Å². The highest BCUT2D eigenvalue weighted by Crippen LogP contribution is 2.09. The maximum atomic E-state index is 10.1. The van der Waals surface area contributed by atoms with Crippen LogP contribution in [0.15, 0.2) is 36.1 Å². The minimum Gasteiger partial charge on any atom is -0.232 e. The van der Waals surface area contributed by atoms with Gasteiger partial charge >= 0.3 is 7.68 Å². The summed E-state index contributed by atoms with van der Waals surface area (Å²) in [7, 11) is -2.40. The van der Waals surface area contributed by atoms with Gasteiger partial charge in [0, 0.05) is 5.82 Å². The molecule has 0 aliphatic carbocycles. The first-order valence-corrected chi connectivity index (χ1v) is 4.40. The molecule has 1 rings (SSSR count). The Labute approximate surface area is 65.4 Å². The lowest BCUT2D eigenvalue weighted by Gasteiger charge is -1.86. The van der Waals surface area contributed by atoms with Crippen LogP contribution in [-0.2, 0) is 9.13 Å². The van der Waals surface area contributed by atoms with Crippen molar-refractivity contribution >= 4 is 13.8 Å². The molecule has 0 unspecified atom stereocenters. The van der Waals surface area contributed by atoms with Crippen LogP contribution in [0.2, 0.25) is 0 Å². The van der Waals surface area contributed by atoms with Crippen LogP contribution in [-0.4, -0.2) is 0 Å². The van der Waals surface area contributed by atoms with E-state index in [0.717, 1.165) is 11.4 Å². The Balaban J connectivity index is 2.80. The highest BCUT2D eigenvalue weighted by molar-refractivity contribution is 7.34. The van der Waals surface area contributed by atoms with Gasteiger partial charge in [0.05, 0.1) is 0 Å². The van der Waals surface area contributed by atoms with Crippen LogP contribution in [0.25, 0.3) is 6.08 Å². The molecule has 0 aliphatic rings. The van der Waals surface area contributed by atoms with Gasteiger partial charge in [-0.25, -0.2) is 9.13 Å². The van der Waals surface area contributed by atoms with E-state index >= 15 is 0 Å². The maximum absolute atomic E-state index is 10.1. The van der Waals surface area contributed by atoms with E-state index in [9.17, 15) is 9.13 Å². The lowest BCUT2D eigenvalue weighted by molar-refractivity contribution is 0.522. The van der Waals surface area contributed by atoms with E-state index in [1.807, 2.05) is 30.3 Å². The second kappa shape index (κ2) is 3.89. The summed E-state index contributed by atoms with van der Waals surface area (Å²) in [5.41, 5.74) is 0.895. The van der Waals surface area contributed by atoms with Gasteiger partial charge < -0.3 is 0 Å². The molecular formula is C8H7O2P. The van der Waals surface area contributed by atoms with Gasteiger partial charge in [0.15, 0.2) is 0 Å². The minimum atomic E-state index is -2.40. The van der Waals surface area contributed by atoms with Crippen molar-refractivity contribution in [2.24, 2.45) is 0 Å². The Morgan fingerprint density at radius 2 is 1.73 bits per heavy atom. The van der Waals surface area contributed by atoms with E-state index in [4.69, 9.17) is 0 Å². The molecule has 0 saturated heterocycles. The van der Waals surface area contributed by atoms with Crippen LogP contribution in [0.5, 0.6) is 0 Å². The Morgan fingerprint density at radius 1 is 1.09 bits per heavy atom. The highest BCUT2D eigenvalue weighted by Gasteiger charge is 1.83. The Kier molecular flexibility index (Phi) is 2.82. The second-order valence-electron chi connectivity index (χ2n) is 2.01. The monoisotopic (exact) mass is 166 g/mol. The lowest BCUT2D eigenvalue weighted by Crippen LogP contribution is -1.65. The zero-order chi connectivity index (χ0) is 8.10. The second-order valence-corrected chi connectivity index (χ2v) is 2.88. The van der Waals surface area contributed by atoms with E-state index < -0.39 is 7.68 Å². The first-order valence-electron chi connectivity index (χ1n) is 3.16. The van der Waals surface area contributed by atoms with E-state index in [0.29, 0.717) is 0 Å². The predicted molar refractivity (Wildman–Crippen MR) is 43.8 cm³/mol. The standard InChI is InChI=1S/C8H7O2P/c9-11(10)7-6-8-4-2-1-3-5-8/h1-7H. The van der Waals surface area contributed by atoms with Crippen molar-refractivity contribution in [1.29, 1.82) is 0 Å². The Bertz CT molecular complexity index is 304. The number of benzene rings is 1. The average Bonchev–Trinajstić information content (AvgIpc) is 2.03. The Hall–Kier alpha value is -1.14. The third-order valence-electron chi connectivity index (χ3n) is 1.19. The molecule has 11 heavy (non-hydrogen) atoms. The summed E-state index contributed by atoms with van der Waals surface area (Å²) in [5, 5.41) is 0. The summed E-state index contributed by atoms with van der Waals surface area (Å²) >= 11 is 0. The van der Waals surface area contributed by atoms with Crippen LogP contribution >= 0.6 is 7.68 Å². The van der Waals surface area contributed by atoms with E-state index in [-0.39, 0.29) is 0 Å². The molecule has 56 valence electrons. The summed E-state index contributed by atoms with van der Waals surface area (Å²) in [5.74, 6) is 1.16. The molecule has 0 N–H and O–H groups in total. The summed E-state index contributed by atoms with van der Waals surface area (Å²) in [6.45, 7) is 0. The molecular weight excluding hydrogens is 159 g/mol. The Morgan fingerprint density at radius 3 is 2.27 bits per heavy atom. The third-order valence-corrected chi connectivity index (χ3v) is 1.58. The fraction of sp³-hybridized carbons (Fsp3) is 0. The molecule has 0 saturated carbocycles. The number of hydrogen-bond acceptors (Lipinski definition) is 2. The zero-order valence-corrected chi connectivity index (χ0v) is 6.70. The van der Waals surface area contributed by atoms with Crippen molar-refractivity contribution in [3.8, 4) is 0 Å². The van der Waals surface area contributed by atoms with Crippen molar-refractivity contribution in [2.45, 2.75) is 0 Å². The van der Waals surface area contributed by atoms with Crippen molar-refractivity contribution in [2.75, 3.05) is 0 Å². The predicted octanol–water partition coefficient (Wildman–Crippen LogP) is 2.83. The molecule has 2 nitrogen and oxygen atoms in total. The molecule has 0 spiro atoms. The topological polar surface area (TPSA) is 34.1 Å². The van der Waals surface area contributed by atoms with Crippen LogP contribution in [0.4, 0.5) is 0 Å². The van der Waals surface area contributed by atoms with Gasteiger partial charge in [0.1, 0.15) is 0 Å². The SMILES string of the molecule is O=P(=O)C=Cc1ccccc1. The largest absolute Gasteiger partial charge is 0.341 e. The minimum absolute atomic E-state index is 0.895. The van der Waals surface area contributed by atoms with Crippen LogP contribution < -0.4 is 0 Å². The quantitative estimate of drug-likeness (QED) is 0.633. The zero-order valence-electron chi connectivity index (χ0n) is 5.81. The normalized spacial score (nSPS) is 10.2. The van der Waals surface area contributed by atoms with Crippen molar-refractivity contribution in [3.05, 3.63) is 41.7 Å². The lowest BCUT2D eigenvalue weighted by atomic mass is 10.2. The molecule has 0 amide bonds. The summed E-state index contributed by atoms with van der Waals surface area (Å²) in [6.07, 6.45) is 1.56. The molecule has 3 heteroatoms. The number of rotatable bonds is 2. The molecule has 0 bridgehead atoms. The van der Waals surface area contributed by atoms with E-state index in [2.05, 4.69) is 0 Å². The van der Waals surface area contributed by atoms with E-state index in [1.54, 1.807) is 6.08 Å².